The van der Waals surface area contributed by atoms with E-state index in [1.807, 2.05) is 30.3 Å². The van der Waals surface area contributed by atoms with Gasteiger partial charge >= 0.3 is 0 Å². The fraction of sp³-hybridized carbons (Fsp3) is 0. The number of aromatic nitrogens is 1. The fourth-order valence-electron chi connectivity index (χ4n) is 2.05. The second-order valence-corrected chi connectivity index (χ2v) is 5.85. The van der Waals surface area contributed by atoms with E-state index >= 15 is 0 Å². The molecule has 21 heavy (non-hydrogen) atoms. The van der Waals surface area contributed by atoms with E-state index in [1.54, 1.807) is 18.5 Å². The standard InChI is InChI=1S/C16H11BrN2OS/c17-12-3-1-11-8-13(4-2-10(11)7-12)20-15-9-19-6-5-14(15)16(18)21/h1-9H,(H2,18,21). The van der Waals surface area contributed by atoms with Gasteiger partial charge in [-0.1, -0.05) is 40.3 Å². The number of ether oxygens (including phenoxy) is 1. The van der Waals surface area contributed by atoms with Crippen molar-refractivity contribution in [1.29, 1.82) is 0 Å². The molecule has 3 rings (SSSR count). The fourth-order valence-corrected chi connectivity index (χ4v) is 2.60. The maximum Gasteiger partial charge on any atom is 0.155 e. The van der Waals surface area contributed by atoms with Crippen molar-refractivity contribution in [3.63, 3.8) is 0 Å². The van der Waals surface area contributed by atoms with Crippen LogP contribution in [0.15, 0.2) is 59.3 Å². The third-order valence-electron chi connectivity index (χ3n) is 3.05. The number of rotatable bonds is 3. The largest absolute Gasteiger partial charge is 0.455 e. The molecule has 0 atom stereocenters. The van der Waals surface area contributed by atoms with E-state index in [0.29, 0.717) is 11.3 Å². The van der Waals surface area contributed by atoms with Crippen LogP contribution < -0.4 is 10.5 Å². The Hall–Kier alpha value is -1.98. The number of nitrogens with zero attached hydrogens (tertiary/aromatic N) is 1. The lowest BCUT2D eigenvalue weighted by Gasteiger charge is -2.10. The predicted octanol–water partition coefficient (Wildman–Crippen LogP) is 4.42. The molecule has 0 radical (unpaired) electrons. The Morgan fingerprint density at radius 2 is 1.86 bits per heavy atom. The van der Waals surface area contributed by atoms with E-state index < -0.39 is 0 Å². The first-order valence-electron chi connectivity index (χ1n) is 6.24. The van der Waals surface area contributed by atoms with Gasteiger partial charge in [-0.15, -0.1) is 0 Å². The summed E-state index contributed by atoms with van der Waals surface area (Å²) in [5, 5.41) is 2.23. The van der Waals surface area contributed by atoms with Gasteiger partial charge < -0.3 is 10.5 Å². The highest BCUT2D eigenvalue weighted by Gasteiger charge is 2.08. The summed E-state index contributed by atoms with van der Waals surface area (Å²) in [6.07, 6.45) is 3.25. The quantitative estimate of drug-likeness (QED) is 0.703. The first-order chi connectivity index (χ1) is 10.1. The zero-order chi connectivity index (χ0) is 14.8. The Balaban J connectivity index is 1.99. The predicted molar refractivity (Wildman–Crippen MR) is 91.8 cm³/mol. The number of benzene rings is 2. The third kappa shape index (κ3) is 3.04. The summed E-state index contributed by atoms with van der Waals surface area (Å²) in [6.45, 7) is 0. The van der Waals surface area contributed by atoms with Gasteiger partial charge in [-0.25, -0.2) is 0 Å². The van der Waals surface area contributed by atoms with Gasteiger partial charge in [-0.2, -0.15) is 0 Å². The van der Waals surface area contributed by atoms with Crippen molar-refractivity contribution in [3.05, 3.63) is 64.9 Å². The highest BCUT2D eigenvalue weighted by molar-refractivity contribution is 9.10. The van der Waals surface area contributed by atoms with Crippen molar-refractivity contribution in [3.8, 4) is 11.5 Å². The molecule has 0 spiro atoms. The van der Waals surface area contributed by atoms with E-state index in [0.717, 1.165) is 21.0 Å². The summed E-state index contributed by atoms with van der Waals surface area (Å²) < 4.78 is 6.92. The summed E-state index contributed by atoms with van der Waals surface area (Å²) in [4.78, 5) is 4.34. The van der Waals surface area contributed by atoms with Crippen LogP contribution in [0.4, 0.5) is 0 Å². The number of halogens is 1. The molecule has 3 aromatic rings. The van der Waals surface area contributed by atoms with Crippen LogP contribution in [0, 0.1) is 0 Å². The Bertz CT molecular complexity index is 835. The SMILES string of the molecule is NC(=S)c1ccncc1Oc1ccc2cc(Br)ccc2c1. The van der Waals surface area contributed by atoms with E-state index in [4.69, 9.17) is 22.7 Å². The Morgan fingerprint density at radius 1 is 1.10 bits per heavy atom. The molecule has 0 amide bonds. The Kier molecular flexibility index (Phi) is 3.86. The number of pyridine rings is 1. The van der Waals surface area contributed by atoms with Gasteiger partial charge in [0.15, 0.2) is 5.75 Å². The molecule has 1 aromatic heterocycles. The molecule has 0 aliphatic rings. The van der Waals surface area contributed by atoms with Crippen LogP contribution >= 0.6 is 28.1 Å². The summed E-state index contributed by atoms with van der Waals surface area (Å²) >= 11 is 8.48. The summed E-state index contributed by atoms with van der Waals surface area (Å²) in [7, 11) is 0. The van der Waals surface area contributed by atoms with Crippen molar-refractivity contribution in [2.45, 2.75) is 0 Å². The van der Waals surface area contributed by atoms with Gasteiger partial charge in [-0.05, 0) is 41.1 Å². The smallest absolute Gasteiger partial charge is 0.155 e. The van der Waals surface area contributed by atoms with Crippen molar-refractivity contribution in [2.75, 3.05) is 0 Å². The average Bonchev–Trinajstić information content (AvgIpc) is 2.48. The molecule has 2 N–H and O–H groups in total. The summed E-state index contributed by atoms with van der Waals surface area (Å²) in [6, 6.07) is 13.7. The van der Waals surface area contributed by atoms with Crippen molar-refractivity contribution >= 4 is 43.9 Å². The van der Waals surface area contributed by atoms with E-state index in [1.165, 1.54) is 0 Å². The van der Waals surface area contributed by atoms with Crippen LogP contribution in [-0.2, 0) is 0 Å². The molecule has 3 nitrogen and oxygen atoms in total. The maximum atomic E-state index is 5.87. The molecule has 0 saturated heterocycles. The molecule has 0 unspecified atom stereocenters. The number of thiocarbonyl (C=S) groups is 1. The minimum atomic E-state index is 0.289. The van der Waals surface area contributed by atoms with Crippen LogP contribution in [0.1, 0.15) is 5.56 Å². The van der Waals surface area contributed by atoms with Gasteiger partial charge in [0.05, 0.1) is 11.8 Å². The average molecular weight is 359 g/mol. The van der Waals surface area contributed by atoms with Crippen LogP contribution in [0.3, 0.4) is 0 Å². The molecule has 104 valence electrons. The van der Waals surface area contributed by atoms with Gasteiger partial charge in [0.25, 0.3) is 0 Å². The number of hydrogen-bond donors (Lipinski definition) is 1. The van der Waals surface area contributed by atoms with Crippen LogP contribution in [0.2, 0.25) is 0 Å². The lowest BCUT2D eigenvalue weighted by atomic mass is 10.1. The van der Waals surface area contributed by atoms with E-state index in [2.05, 4.69) is 27.0 Å². The number of fused-ring (bicyclic) bond motifs is 1. The molecule has 0 aliphatic heterocycles. The second kappa shape index (κ2) is 5.79. The number of nitrogens with two attached hydrogens (primary N) is 1. The van der Waals surface area contributed by atoms with Crippen LogP contribution in [0.25, 0.3) is 10.8 Å². The third-order valence-corrected chi connectivity index (χ3v) is 3.76. The molecule has 2 aromatic carbocycles. The molecule has 0 aliphatic carbocycles. The Morgan fingerprint density at radius 3 is 2.67 bits per heavy atom. The number of hydrogen-bond acceptors (Lipinski definition) is 3. The normalized spacial score (nSPS) is 10.5. The summed E-state index contributed by atoms with van der Waals surface area (Å²) in [5.41, 5.74) is 6.37. The van der Waals surface area contributed by atoms with Crippen LogP contribution in [-0.4, -0.2) is 9.97 Å². The van der Waals surface area contributed by atoms with Crippen molar-refractivity contribution < 1.29 is 4.74 Å². The van der Waals surface area contributed by atoms with Gasteiger partial charge in [0, 0.05) is 10.7 Å². The maximum absolute atomic E-state index is 5.87. The molecule has 0 bridgehead atoms. The van der Waals surface area contributed by atoms with E-state index in [9.17, 15) is 0 Å². The highest BCUT2D eigenvalue weighted by Crippen LogP contribution is 2.28. The zero-order valence-electron chi connectivity index (χ0n) is 10.9. The first kappa shape index (κ1) is 14.0. The van der Waals surface area contributed by atoms with Crippen molar-refractivity contribution in [1.82, 2.24) is 4.98 Å². The monoisotopic (exact) mass is 358 g/mol. The van der Waals surface area contributed by atoms with Gasteiger partial charge in [-0.3, -0.25) is 4.98 Å². The lowest BCUT2D eigenvalue weighted by Crippen LogP contribution is -2.10. The molecular formula is C16H11BrN2OS. The highest BCUT2D eigenvalue weighted by atomic mass is 79.9. The molecular weight excluding hydrogens is 348 g/mol. The van der Waals surface area contributed by atoms with Gasteiger partial charge in [0.1, 0.15) is 10.7 Å². The first-order valence-corrected chi connectivity index (χ1v) is 7.44. The van der Waals surface area contributed by atoms with Gasteiger partial charge in [0.2, 0.25) is 0 Å². The summed E-state index contributed by atoms with van der Waals surface area (Å²) in [5.74, 6) is 1.27. The zero-order valence-corrected chi connectivity index (χ0v) is 13.3. The molecule has 5 heteroatoms. The van der Waals surface area contributed by atoms with Crippen molar-refractivity contribution in [2.24, 2.45) is 5.73 Å². The molecule has 0 fully saturated rings. The minimum Gasteiger partial charge on any atom is -0.455 e. The molecule has 0 saturated carbocycles. The van der Waals surface area contributed by atoms with Crippen LogP contribution in [0.5, 0.6) is 11.5 Å². The molecule has 1 heterocycles. The minimum absolute atomic E-state index is 0.289. The second-order valence-electron chi connectivity index (χ2n) is 4.49. The van der Waals surface area contributed by atoms with E-state index in [-0.39, 0.29) is 4.99 Å². The lowest BCUT2D eigenvalue weighted by molar-refractivity contribution is 0.480. The topological polar surface area (TPSA) is 48.1 Å². The Labute approximate surface area is 135 Å².